The highest BCUT2D eigenvalue weighted by molar-refractivity contribution is 5.94. The number of hydrogen-bond donors (Lipinski definition) is 2. The van der Waals surface area contributed by atoms with Crippen LogP contribution in [0.15, 0.2) is 54.9 Å². The summed E-state index contributed by atoms with van der Waals surface area (Å²) in [5.41, 5.74) is 4.45. The van der Waals surface area contributed by atoms with E-state index in [0.717, 1.165) is 22.5 Å². The molecule has 6 heteroatoms. The fraction of sp³-hybridized carbons (Fsp3) is 0.250. The van der Waals surface area contributed by atoms with Crippen molar-refractivity contribution in [3.05, 3.63) is 82.9 Å². The Morgan fingerprint density at radius 3 is 2.46 bits per heavy atom. The van der Waals surface area contributed by atoms with E-state index in [0.29, 0.717) is 12.1 Å². The van der Waals surface area contributed by atoms with E-state index < -0.39 is 6.10 Å². The molecule has 0 bridgehead atoms. The Balaban J connectivity index is 1.57. The number of hydrogen-bond acceptors (Lipinski definition) is 4. The molecule has 6 nitrogen and oxygen atoms in total. The van der Waals surface area contributed by atoms with Gasteiger partial charge in [0.1, 0.15) is 0 Å². The number of rotatable bonds is 6. The molecule has 3 aromatic rings. The molecule has 26 heavy (non-hydrogen) atoms. The van der Waals surface area contributed by atoms with E-state index in [9.17, 15) is 9.90 Å². The Kier molecular flexibility index (Phi) is 5.43. The Morgan fingerprint density at radius 1 is 1.15 bits per heavy atom. The summed E-state index contributed by atoms with van der Waals surface area (Å²) in [5.74, 6) is -0.212. The third kappa shape index (κ3) is 4.34. The van der Waals surface area contributed by atoms with Gasteiger partial charge in [0.05, 0.1) is 18.3 Å². The van der Waals surface area contributed by atoms with Gasteiger partial charge >= 0.3 is 0 Å². The van der Waals surface area contributed by atoms with Crippen LogP contribution in [0.25, 0.3) is 0 Å². The Bertz CT molecular complexity index is 873. The van der Waals surface area contributed by atoms with E-state index in [1.807, 2.05) is 36.7 Å². The minimum atomic E-state index is -0.757. The van der Waals surface area contributed by atoms with Crippen LogP contribution in [-0.2, 0) is 6.54 Å². The van der Waals surface area contributed by atoms with Crippen LogP contribution in [0.5, 0.6) is 0 Å². The maximum absolute atomic E-state index is 12.3. The molecule has 0 unspecified atom stereocenters. The molecule has 1 atom stereocenters. The molecule has 0 saturated carbocycles. The molecule has 2 aromatic heterocycles. The van der Waals surface area contributed by atoms with Crippen molar-refractivity contribution >= 4 is 5.91 Å². The van der Waals surface area contributed by atoms with E-state index in [4.69, 9.17) is 0 Å². The summed E-state index contributed by atoms with van der Waals surface area (Å²) >= 11 is 0. The number of nitrogens with one attached hydrogen (secondary N) is 1. The van der Waals surface area contributed by atoms with Gasteiger partial charge in [-0.25, -0.2) is 0 Å². The summed E-state index contributed by atoms with van der Waals surface area (Å²) in [6.45, 7) is 4.81. The molecule has 3 rings (SSSR count). The second-order valence-electron chi connectivity index (χ2n) is 6.29. The van der Waals surface area contributed by atoms with Gasteiger partial charge in [-0.15, -0.1) is 0 Å². The van der Waals surface area contributed by atoms with Crippen LogP contribution >= 0.6 is 0 Å². The van der Waals surface area contributed by atoms with Crippen molar-refractivity contribution in [2.45, 2.75) is 26.5 Å². The molecule has 0 fully saturated rings. The first-order valence-electron chi connectivity index (χ1n) is 8.49. The van der Waals surface area contributed by atoms with Gasteiger partial charge in [0.25, 0.3) is 5.91 Å². The Labute approximate surface area is 152 Å². The van der Waals surface area contributed by atoms with Gasteiger partial charge in [0.2, 0.25) is 0 Å². The normalized spacial score (nSPS) is 12.0. The maximum Gasteiger partial charge on any atom is 0.251 e. The Morgan fingerprint density at radius 2 is 1.85 bits per heavy atom. The van der Waals surface area contributed by atoms with Crippen LogP contribution in [0.3, 0.4) is 0 Å². The molecule has 0 aliphatic carbocycles. The molecule has 0 spiro atoms. The number of nitrogens with zero attached hydrogens (tertiary/aromatic N) is 3. The second kappa shape index (κ2) is 7.93. The number of pyridine rings is 1. The van der Waals surface area contributed by atoms with E-state index in [1.165, 1.54) is 0 Å². The van der Waals surface area contributed by atoms with Gasteiger partial charge in [-0.05, 0) is 55.3 Å². The molecule has 0 radical (unpaired) electrons. The smallest absolute Gasteiger partial charge is 0.251 e. The first-order valence-corrected chi connectivity index (χ1v) is 8.49. The monoisotopic (exact) mass is 350 g/mol. The topological polar surface area (TPSA) is 80.0 Å². The second-order valence-corrected chi connectivity index (χ2v) is 6.29. The highest BCUT2D eigenvalue weighted by Crippen LogP contribution is 2.11. The van der Waals surface area contributed by atoms with Crippen LogP contribution < -0.4 is 5.32 Å². The minimum Gasteiger partial charge on any atom is -0.387 e. The lowest BCUT2D eigenvalue weighted by Gasteiger charge is -2.12. The predicted octanol–water partition coefficient (Wildman–Crippen LogP) is 2.41. The number of benzene rings is 1. The first kappa shape index (κ1) is 17.8. The fourth-order valence-corrected chi connectivity index (χ4v) is 2.76. The predicted molar refractivity (Wildman–Crippen MR) is 98.8 cm³/mol. The highest BCUT2D eigenvalue weighted by Gasteiger charge is 2.11. The van der Waals surface area contributed by atoms with E-state index in [-0.39, 0.29) is 12.5 Å². The number of carbonyl (C=O) groups excluding carboxylic acids is 1. The summed E-state index contributed by atoms with van der Waals surface area (Å²) in [7, 11) is 0. The van der Waals surface area contributed by atoms with Crippen molar-refractivity contribution in [3.8, 4) is 0 Å². The van der Waals surface area contributed by atoms with Crippen molar-refractivity contribution < 1.29 is 9.90 Å². The largest absolute Gasteiger partial charge is 0.387 e. The molecule has 1 amide bonds. The minimum absolute atomic E-state index is 0.149. The lowest BCUT2D eigenvalue weighted by Crippen LogP contribution is -2.28. The number of aryl methyl sites for hydroxylation is 2. The summed E-state index contributed by atoms with van der Waals surface area (Å²) in [5, 5.41) is 17.3. The molecule has 0 aliphatic heterocycles. The van der Waals surface area contributed by atoms with Gasteiger partial charge in [-0.3, -0.25) is 14.5 Å². The van der Waals surface area contributed by atoms with Crippen LogP contribution in [-0.4, -0.2) is 32.3 Å². The van der Waals surface area contributed by atoms with Gasteiger partial charge in [-0.2, -0.15) is 5.10 Å². The highest BCUT2D eigenvalue weighted by atomic mass is 16.3. The van der Waals surface area contributed by atoms with Crippen molar-refractivity contribution in [2.75, 3.05) is 6.54 Å². The van der Waals surface area contributed by atoms with Crippen LogP contribution in [0, 0.1) is 13.8 Å². The Hall–Kier alpha value is -2.99. The van der Waals surface area contributed by atoms with Crippen molar-refractivity contribution in [2.24, 2.45) is 0 Å². The van der Waals surface area contributed by atoms with Crippen LogP contribution in [0.4, 0.5) is 0 Å². The molecule has 0 aliphatic rings. The third-order valence-corrected chi connectivity index (χ3v) is 4.20. The zero-order valence-electron chi connectivity index (χ0n) is 14.9. The maximum atomic E-state index is 12.3. The summed E-state index contributed by atoms with van der Waals surface area (Å²) in [4.78, 5) is 16.2. The molecule has 1 aromatic carbocycles. The molecule has 0 saturated heterocycles. The van der Waals surface area contributed by atoms with Crippen molar-refractivity contribution in [1.29, 1.82) is 0 Å². The molecule has 2 heterocycles. The summed E-state index contributed by atoms with van der Waals surface area (Å²) in [6.07, 6.45) is 2.47. The van der Waals surface area contributed by atoms with Gasteiger partial charge in [0, 0.05) is 30.2 Å². The molecule has 134 valence electrons. The van der Waals surface area contributed by atoms with E-state index in [2.05, 4.69) is 15.4 Å². The standard InChI is InChI=1S/C20H22N4O2/c1-14-11-15(2)24(23-14)13-16-3-5-18(6-4-16)20(26)22-12-19(25)17-7-9-21-10-8-17/h3-11,19,25H,12-13H2,1-2H3,(H,22,26)/t19-/m0/s1. The van der Waals surface area contributed by atoms with Gasteiger partial charge in [-0.1, -0.05) is 12.1 Å². The number of aromatic nitrogens is 3. The molecular weight excluding hydrogens is 328 g/mol. The molecule has 2 N–H and O–H groups in total. The van der Waals surface area contributed by atoms with Crippen molar-refractivity contribution in [1.82, 2.24) is 20.1 Å². The van der Waals surface area contributed by atoms with E-state index in [1.54, 1.807) is 36.7 Å². The van der Waals surface area contributed by atoms with Crippen LogP contribution in [0.1, 0.15) is 39.0 Å². The summed E-state index contributed by atoms with van der Waals surface area (Å²) in [6, 6.07) is 12.9. The number of amides is 1. The first-order chi connectivity index (χ1) is 12.5. The van der Waals surface area contributed by atoms with Gasteiger partial charge in [0.15, 0.2) is 0 Å². The summed E-state index contributed by atoms with van der Waals surface area (Å²) < 4.78 is 1.94. The lowest BCUT2D eigenvalue weighted by atomic mass is 10.1. The van der Waals surface area contributed by atoms with Crippen molar-refractivity contribution in [3.63, 3.8) is 0 Å². The third-order valence-electron chi connectivity index (χ3n) is 4.20. The van der Waals surface area contributed by atoms with Crippen LogP contribution in [0.2, 0.25) is 0 Å². The molecular formula is C20H22N4O2. The zero-order chi connectivity index (χ0) is 18.5. The fourth-order valence-electron chi connectivity index (χ4n) is 2.76. The van der Waals surface area contributed by atoms with Gasteiger partial charge < -0.3 is 10.4 Å². The quantitative estimate of drug-likeness (QED) is 0.715. The SMILES string of the molecule is Cc1cc(C)n(Cc2ccc(C(=O)NC[C@H](O)c3ccncc3)cc2)n1. The number of carbonyl (C=O) groups is 1. The average Bonchev–Trinajstić information content (AvgIpc) is 2.97. The number of aliphatic hydroxyl groups is 1. The number of aliphatic hydroxyl groups excluding tert-OH is 1. The average molecular weight is 350 g/mol. The van der Waals surface area contributed by atoms with E-state index >= 15 is 0 Å². The zero-order valence-corrected chi connectivity index (χ0v) is 14.9. The lowest BCUT2D eigenvalue weighted by molar-refractivity contribution is 0.0916.